The summed E-state index contributed by atoms with van der Waals surface area (Å²) in [4.78, 5) is 12.1. The first kappa shape index (κ1) is 15.8. The lowest BCUT2D eigenvalue weighted by atomic mass is 9.87. The molecule has 0 radical (unpaired) electrons. The first-order chi connectivity index (χ1) is 11.3. The number of carbonyl (C=O) groups excluding carboxylic acids is 1. The zero-order valence-corrected chi connectivity index (χ0v) is 13.3. The van der Waals surface area contributed by atoms with Crippen LogP contribution in [-0.2, 0) is 6.54 Å². The number of hydrogen-bond donors (Lipinski definition) is 3. The minimum atomic E-state index is -0.106. The minimum absolute atomic E-state index is 0.106. The van der Waals surface area contributed by atoms with Crippen LogP contribution in [0.1, 0.15) is 31.2 Å². The highest BCUT2D eigenvalue weighted by molar-refractivity contribution is 5.86. The number of fused-ring (bicyclic) bond motifs is 1. The largest absolute Gasteiger partial charge is 0.396 e. The molecule has 2 amide bonds. The van der Waals surface area contributed by atoms with E-state index in [0.29, 0.717) is 12.5 Å². The first-order valence-corrected chi connectivity index (χ1v) is 8.38. The van der Waals surface area contributed by atoms with Gasteiger partial charge in [-0.05, 0) is 47.9 Å². The topological polar surface area (TPSA) is 61.4 Å². The summed E-state index contributed by atoms with van der Waals surface area (Å²) < 4.78 is 0. The molecule has 4 heteroatoms. The summed E-state index contributed by atoms with van der Waals surface area (Å²) in [5, 5.41) is 17.5. The Balaban J connectivity index is 1.53. The maximum atomic E-state index is 12.1. The zero-order chi connectivity index (χ0) is 16.1. The van der Waals surface area contributed by atoms with Crippen molar-refractivity contribution >= 4 is 16.8 Å². The zero-order valence-electron chi connectivity index (χ0n) is 13.3. The molecule has 0 saturated heterocycles. The molecule has 0 bridgehead atoms. The molecule has 122 valence electrons. The van der Waals surface area contributed by atoms with Gasteiger partial charge in [-0.1, -0.05) is 42.5 Å². The van der Waals surface area contributed by atoms with Crippen LogP contribution in [0.15, 0.2) is 42.5 Å². The highest BCUT2D eigenvalue weighted by Crippen LogP contribution is 2.23. The third-order valence-electron chi connectivity index (χ3n) is 4.76. The van der Waals surface area contributed by atoms with Gasteiger partial charge < -0.3 is 15.7 Å². The van der Waals surface area contributed by atoms with Crippen LogP contribution in [-0.4, -0.2) is 23.8 Å². The number of aliphatic hydroxyl groups is 1. The Labute approximate surface area is 136 Å². The number of benzene rings is 2. The summed E-state index contributed by atoms with van der Waals surface area (Å²) in [6, 6.07) is 14.5. The van der Waals surface area contributed by atoms with Gasteiger partial charge in [0.05, 0.1) is 0 Å². The molecule has 1 aliphatic rings. The second kappa shape index (κ2) is 7.47. The van der Waals surface area contributed by atoms with E-state index in [-0.39, 0.29) is 18.7 Å². The van der Waals surface area contributed by atoms with Crippen molar-refractivity contribution < 1.29 is 9.90 Å². The van der Waals surface area contributed by atoms with Gasteiger partial charge in [0, 0.05) is 19.2 Å². The molecule has 0 atom stereocenters. The average Bonchev–Trinajstić information content (AvgIpc) is 2.60. The Morgan fingerprint density at radius 1 is 1.04 bits per heavy atom. The Morgan fingerprint density at radius 2 is 1.78 bits per heavy atom. The van der Waals surface area contributed by atoms with Crippen LogP contribution in [0.3, 0.4) is 0 Å². The summed E-state index contributed by atoms with van der Waals surface area (Å²) in [5.74, 6) is 0.409. The predicted octanol–water partition coefficient (Wildman–Crippen LogP) is 3.19. The molecule has 3 N–H and O–H groups in total. The smallest absolute Gasteiger partial charge is 0.315 e. The maximum Gasteiger partial charge on any atom is 0.315 e. The summed E-state index contributed by atoms with van der Waals surface area (Å²) in [6.45, 7) is 0.791. The van der Waals surface area contributed by atoms with Crippen molar-refractivity contribution in [2.24, 2.45) is 5.92 Å². The van der Waals surface area contributed by atoms with Crippen molar-refractivity contribution in [3.8, 4) is 0 Å². The van der Waals surface area contributed by atoms with Gasteiger partial charge in [0.2, 0.25) is 0 Å². The third kappa shape index (κ3) is 4.02. The van der Waals surface area contributed by atoms with Gasteiger partial charge in [0.15, 0.2) is 0 Å². The molecule has 0 aliphatic heterocycles. The third-order valence-corrected chi connectivity index (χ3v) is 4.76. The van der Waals surface area contributed by atoms with Crippen LogP contribution >= 0.6 is 0 Å². The van der Waals surface area contributed by atoms with E-state index in [1.165, 1.54) is 10.8 Å². The molecule has 0 spiro atoms. The Kier molecular flexibility index (Phi) is 5.13. The summed E-state index contributed by atoms with van der Waals surface area (Å²) in [7, 11) is 0. The van der Waals surface area contributed by atoms with Gasteiger partial charge in [0.25, 0.3) is 0 Å². The van der Waals surface area contributed by atoms with E-state index in [1.807, 2.05) is 18.2 Å². The van der Waals surface area contributed by atoms with Gasteiger partial charge in [-0.3, -0.25) is 0 Å². The molecular weight excluding hydrogens is 288 g/mol. The fourth-order valence-corrected chi connectivity index (χ4v) is 3.35. The van der Waals surface area contributed by atoms with Crippen molar-refractivity contribution in [3.05, 3.63) is 48.0 Å². The second-order valence-corrected chi connectivity index (χ2v) is 6.37. The predicted molar refractivity (Wildman–Crippen MR) is 92.2 cm³/mol. The SMILES string of the molecule is O=C(NCc1cccc2ccccc12)NC1CCC(CO)CC1. The van der Waals surface area contributed by atoms with Crippen LogP contribution in [0.4, 0.5) is 4.79 Å². The lowest BCUT2D eigenvalue weighted by Crippen LogP contribution is -2.43. The van der Waals surface area contributed by atoms with Crippen molar-refractivity contribution in [2.45, 2.75) is 38.3 Å². The van der Waals surface area contributed by atoms with Gasteiger partial charge in [0.1, 0.15) is 0 Å². The Hall–Kier alpha value is -2.07. The standard InChI is InChI=1S/C19H24N2O2/c22-13-14-8-10-17(11-9-14)21-19(23)20-12-16-6-3-5-15-4-1-2-7-18(15)16/h1-7,14,17,22H,8-13H2,(H2,20,21,23). The van der Waals surface area contributed by atoms with Crippen LogP contribution in [0, 0.1) is 5.92 Å². The summed E-state index contributed by atoms with van der Waals surface area (Å²) in [6.07, 6.45) is 3.88. The van der Waals surface area contributed by atoms with E-state index < -0.39 is 0 Å². The molecule has 0 heterocycles. The van der Waals surface area contributed by atoms with Crippen molar-refractivity contribution in [1.29, 1.82) is 0 Å². The van der Waals surface area contributed by atoms with Crippen molar-refractivity contribution in [3.63, 3.8) is 0 Å². The van der Waals surface area contributed by atoms with Gasteiger partial charge >= 0.3 is 6.03 Å². The molecule has 4 nitrogen and oxygen atoms in total. The Bertz CT molecular complexity index is 658. The normalized spacial score (nSPS) is 21.1. The van der Waals surface area contributed by atoms with Gasteiger partial charge in [-0.25, -0.2) is 4.79 Å². The van der Waals surface area contributed by atoms with Crippen LogP contribution < -0.4 is 10.6 Å². The number of nitrogens with one attached hydrogen (secondary N) is 2. The Morgan fingerprint density at radius 3 is 2.57 bits per heavy atom. The van der Waals surface area contributed by atoms with Gasteiger partial charge in [-0.15, -0.1) is 0 Å². The number of aliphatic hydroxyl groups excluding tert-OH is 1. The minimum Gasteiger partial charge on any atom is -0.396 e. The van der Waals surface area contributed by atoms with Crippen LogP contribution in [0.2, 0.25) is 0 Å². The monoisotopic (exact) mass is 312 g/mol. The number of amides is 2. The van der Waals surface area contributed by atoms with E-state index in [4.69, 9.17) is 5.11 Å². The van der Waals surface area contributed by atoms with Crippen molar-refractivity contribution in [2.75, 3.05) is 6.61 Å². The molecule has 1 fully saturated rings. The quantitative estimate of drug-likeness (QED) is 0.812. The second-order valence-electron chi connectivity index (χ2n) is 6.37. The molecule has 23 heavy (non-hydrogen) atoms. The highest BCUT2D eigenvalue weighted by atomic mass is 16.3. The molecule has 0 aromatic heterocycles. The molecule has 3 rings (SSSR count). The van der Waals surface area contributed by atoms with E-state index in [2.05, 4.69) is 34.9 Å². The van der Waals surface area contributed by atoms with E-state index in [9.17, 15) is 4.79 Å². The van der Waals surface area contributed by atoms with Crippen LogP contribution in [0.25, 0.3) is 10.8 Å². The maximum absolute atomic E-state index is 12.1. The van der Waals surface area contributed by atoms with E-state index in [0.717, 1.165) is 31.2 Å². The average molecular weight is 312 g/mol. The lowest BCUT2D eigenvalue weighted by Gasteiger charge is -2.28. The molecule has 0 unspecified atom stereocenters. The molecule has 1 aliphatic carbocycles. The van der Waals surface area contributed by atoms with Gasteiger partial charge in [-0.2, -0.15) is 0 Å². The fourth-order valence-electron chi connectivity index (χ4n) is 3.35. The molecule has 2 aromatic rings. The van der Waals surface area contributed by atoms with E-state index >= 15 is 0 Å². The van der Waals surface area contributed by atoms with E-state index in [1.54, 1.807) is 0 Å². The van der Waals surface area contributed by atoms with Crippen molar-refractivity contribution in [1.82, 2.24) is 10.6 Å². The molecule has 2 aromatic carbocycles. The number of rotatable bonds is 4. The number of carbonyl (C=O) groups is 1. The summed E-state index contributed by atoms with van der Waals surface area (Å²) in [5.41, 5.74) is 1.13. The molecule has 1 saturated carbocycles. The first-order valence-electron chi connectivity index (χ1n) is 8.38. The van der Waals surface area contributed by atoms with Crippen LogP contribution in [0.5, 0.6) is 0 Å². The summed E-state index contributed by atoms with van der Waals surface area (Å²) >= 11 is 0. The number of urea groups is 1. The highest BCUT2D eigenvalue weighted by Gasteiger charge is 2.21. The molecular formula is C19H24N2O2. The fraction of sp³-hybridized carbons (Fsp3) is 0.421. The lowest BCUT2D eigenvalue weighted by molar-refractivity contribution is 0.174. The number of hydrogen-bond acceptors (Lipinski definition) is 2.